The Labute approximate surface area is 132 Å². The molecule has 2 N–H and O–H groups in total. The van der Waals surface area contributed by atoms with Crippen LogP contribution in [0.2, 0.25) is 0 Å². The van der Waals surface area contributed by atoms with Gasteiger partial charge in [0.15, 0.2) is 0 Å². The number of para-hydroxylation sites is 2. The van der Waals surface area contributed by atoms with Crippen LogP contribution in [-0.4, -0.2) is 9.55 Å². The maximum atomic E-state index is 6.18. The van der Waals surface area contributed by atoms with E-state index >= 15 is 0 Å². The molecule has 0 saturated carbocycles. The Balaban J connectivity index is 2.39. The molecule has 0 unspecified atom stereocenters. The number of hydrogen-bond acceptors (Lipinski definition) is 2. The van der Waals surface area contributed by atoms with Gasteiger partial charge in [0, 0.05) is 21.3 Å². The van der Waals surface area contributed by atoms with Crippen LogP contribution in [0.3, 0.4) is 0 Å². The van der Waals surface area contributed by atoms with Crippen molar-refractivity contribution in [3.8, 4) is 11.4 Å². The van der Waals surface area contributed by atoms with Crippen molar-refractivity contribution >= 4 is 32.7 Å². The first kappa shape index (κ1) is 14.1. The van der Waals surface area contributed by atoms with E-state index in [0.717, 1.165) is 32.6 Å². The molecule has 3 aromatic rings. The number of anilines is 1. The first-order valence-corrected chi connectivity index (χ1v) is 7.70. The molecule has 108 valence electrons. The molecule has 0 saturated heterocycles. The zero-order valence-corrected chi connectivity index (χ0v) is 14.0. The van der Waals surface area contributed by atoms with Crippen molar-refractivity contribution in [1.29, 1.82) is 0 Å². The number of halogens is 1. The summed E-state index contributed by atoms with van der Waals surface area (Å²) in [5, 5.41) is 0. The van der Waals surface area contributed by atoms with Gasteiger partial charge in [0.05, 0.1) is 11.0 Å². The van der Waals surface area contributed by atoms with Gasteiger partial charge in [-0.3, -0.25) is 0 Å². The number of nitrogens with zero attached hydrogens (tertiary/aromatic N) is 2. The second kappa shape index (κ2) is 4.88. The number of imidazole rings is 1. The fourth-order valence-electron chi connectivity index (χ4n) is 2.61. The van der Waals surface area contributed by atoms with Crippen LogP contribution in [0, 0.1) is 0 Å². The van der Waals surface area contributed by atoms with E-state index in [4.69, 9.17) is 10.7 Å². The van der Waals surface area contributed by atoms with Crippen LogP contribution in [0.25, 0.3) is 22.4 Å². The lowest BCUT2D eigenvalue weighted by atomic mass is 10.1. The molecule has 0 aliphatic carbocycles. The van der Waals surface area contributed by atoms with Crippen molar-refractivity contribution in [2.75, 3.05) is 5.73 Å². The van der Waals surface area contributed by atoms with Crippen LogP contribution in [-0.2, 0) is 5.54 Å². The highest BCUT2D eigenvalue weighted by molar-refractivity contribution is 9.10. The quantitative estimate of drug-likeness (QED) is 0.644. The molecule has 0 bridgehead atoms. The van der Waals surface area contributed by atoms with Crippen molar-refractivity contribution in [3.05, 3.63) is 46.9 Å². The largest absolute Gasteiger partial charge is 0.398 e. The molecule has 1 aromatic heterocycles. The van der Waals surface area contributed by atoms with E-state index in [9.17, 15) is 0 Å². The van der Waals surface area contributed by atoms with Crippen LogP contribution >= 0.6 is 15.9 Å². The van der Waals surface area contributed by atoms with Crippen molar-refractivity contribution in [2.24, 2.45) is 0 Å². The van der Waals surface area contributed by atoms with Crippen LogP contribution in [0.1, 0.15) is 20.8 Å². The average molecular weight is 344 g/mol. The molecule has 0 atom stereocenters. The van der Waals surface area contributed by atoms with Crippen molar-refractivity contribution in [3.63, 3.8) is 0 Å². The van der Waals surface area contributed by atoms with Gasteiger partial charge in [-0.05, 0) is 51.1 Å². The lowest BCUT2D eigenvalue weighted by Crippen LogP contribution is -2.22. The highest BCUT2D eigenvalue weighted by Gasteiger charge is 2.23. The van der Waals surface area contributed by atoms with Crippen LogP contribution in [0.15, 0.2) is 46.9 Å². The molecule has 1 heterocycles. The minimum atomic E-state index is -0.0831. The molecular formula is C17H18BrN3. The second-order valence-corrected chi connectivity index (χ2v) is 7.08. The first-order valence-electron chi connectivity index (χ1n) is 6.91. The molecule has 3 nitrogen and oxygen atoms in total. The summed E-state index contributed by atoms with van der Waals surface area (Å²) in [6.07, 6.45) is 0. The maximum Gasteiger partial charge on any atom is 0.143 e. The maximum absolute atomic E-state index is 6.18. The van der Waals surface area contributed by atoms with E-state index in [1.54, 1.807) is 0 Å². The number of nitrogens with two attached hydrogens (primary N) is 1. The summed E-state index contributed by atoms with van der Waals surface area (Å²) in [7, 11) is 0. The fourth-order valence-corrected chi connectivity index (χ4v) is 2.97. The lowest BCUT2D eigenvalue weighted by Gasteiger charge is -2.25. The summed E-state index contributed by atoms with van der Waals surface area (Å²) < 4.78 is 3.25. The average Bonchev–Trinajstić information content (AvgIpc) is 2.80. The van der Waals surface area contributed by atoms with Gasteiger partial charge in [0.25, 0.3) is 0 Å². The highest BCUT2D eigenvalue weighted by atomic mass is 79.9. The molecule has 0 amide bonds. The summed E-state index contributed by atoms with van der Waals surface area (Å²) in [4.78, 5) is 4.81. The Morgan fingerprint density at radius 2 is 1.81 bits per heavy atom. The summed E-state index contributed by atoms with van der Waals surface area (Å²) in [6, 6.07) is 14.1. The Hall–Kier alpha value is -1.81. The number of rotatable bonds is 1. The molecule has 0 radical (unpaired) electrons. The summed E-state index contributed by atoms with van der Waals surface area (Å²) >= 11 is 3.52. The van der Waals surface area contributed by atoms with E-state index < -0.39 is 0 Å². The van der Waals surface area contributed by atoms with Gasteiger partial charge in [0.1, 0.15) is 5.82 Å². The molecule has 0 aliphatic rings. The number of nitrogen functional groups attached to an aromatic ring is 1. The predicted octanol–water partition coefficient (Wildman–Crippen LogP) is 4.80. The highest BCUT2D eigenvalue weighted by Crippen LogP contribution is 2.34. The molecule has 3 rings (SSSR count). The molecule has 0 aliphatic heterocycles. The lowest BCUT2D eigenvalue weighted by molar-refractivity contribution is 0.413. The predicted molar refractivity (Wildman–Crippen MR) is 92.3 cm³/mol. The number of fused-ring (bicyclic) bond motifs is 1. The number of hydrogen-bond donors (Lipinski definition) is 1. The molecular weight excluding hydrogens is 326 g/mol. The molecule has 21 heavy (non-hydrogen) atoms. The van der Waals surface area contributed by atoms with E-state index in [1.165, 1.54) is 0 Å². The topological polar surface area (TPSA) is 43.8 Å². The number of aromatic nitrogens is 2. The fraction of sp³-hybridized carbons (Fsp3) is 0.235. The third kappa shape index (κ3) is 2.44. The van der Waals surface area contributed by atoms with Gasteiger partial charge in [-0.25, -0.2) is 4.98 Å². The van der Waals surface area contributed by atoms with Crippen LogP contribution in [0.4, 0.5) is 5.69 Å². The van der Waals surface area contributed by atoms with Gasteiger partial charge in [-0.1, -0.05) is 28.1 Å². The Bertz CT molecular complexity index is 813. The minimum absolute atomic E-state index is 0.0831. The van der Waals surface area contributed by atoms with Crippen molar-refractivity contribution < 1.29 is 0 Å². The van der Waals surface area contributed by atoms with Crippen molar-refractivity contribution in [1.82, 2.24) is 9.55 Å². The van der Waals surface area contributed by atoms with Gasteiger partial charge >= 0.3 is 0 Å². The molecule has 2 aromatic carbocycles. The standard InChI is InChI=1S/C17H18BrN3/c1-17(2,3)21-15-7-5-4-6-14(15)20-16(21)12-10-11(18)8-9-13(12)19/h4-10H,19H2,1-3H3. The zero-order chi connectivity index (χ0) is 15.2. The van der Waals surface area contributed by atoms with Crippen LogP contribution < -0.4 is 5.73 Å². The second-order valence-electron chi connectivity index (χ2n) is 6.16. The van der Waals surface area contributed by atoms with Gasteiger partial charge in [-0.15, -0.1) is 0 Å². The smallest absolute Gasteiger partial charge is 0.143 e. The summed E-state index contributed by atoms with van der Waals surface area (Å²) in [6.45, 7) is 6.54. The monoisotopic (exact) mass is 343 g/mol. The molecule has 4 heteroatoms. The zero-order valence-electron chi connectivity index (χ0n) is 12.4. The molecule has 0 spiro atoms. The van der Waals surface area contributed by atoms with E-state index in [-0.39, 0.29) is 5.54 Å². The van der Waals surface area contributed by atoms with Crippen molar-refractivity contribution in [2.45, 2.75) is 26.3 Å². The number of benzene rings is 2. The third-order valence-electron chi connectivity index (χ3n) is 3.49. The van der Waals surface area contributed by atoms with E-state index in [2.05, 4.69) is 47.3 Å². The Morgan fingerprint density at radius 1 is 1.10 bits per heavy atom. The summed E-state index contributed by atoms with van der Waals surface area (Å²) in [5.41, 5.74) is 9.90. The van der Waals surface area contributed by atoms with E-state index in [1.807, 2.05) is 36.4 Å². The third-order valence-corrected chi connectivity index (χ3v) is 3.98. The van der Waals surface area contributed by atoms with Gasteiger partial charge in [-0.2, -0.15) is 0 Å². The Kier molecular flexibility index (Phi) is 3.29. The Morgan fingerprint density at radius 3 is 2.52 bits per heavy atom. The van der Waals surface area contributed by atoms with Gasteiger partial charge in [0.2, 0.25) is 0 Å². The SMILES string of the molecule is CC(C)(C)n1c(-c2cc(Br)ccc2N)nc2ccccc21. The summed E-state index contributed by atoms with van der Waals surface area (Å²) in [5.74, 6) is 0.905. The first-order chi connectivity index (χ1) is 9.88. The van der Waals surface area contributed by atoms with Crippen LogP contribution in [0.5, 0.6) is 0 Å². The normalized spacial score (nSPS) is 12.0. The molecule has 0 fully saturated rings. The van der Waals surface area contributed by atoms with Gasteiger partial charge < -0.3 is 10.3 Å². The minimum Gasteiger partial charge on any atom is -0.398 e. The van der Waals surface area contributed by atoms with E-state index in [0.29, 0.717) is 0 Å².